The lowest BCUT2D eigenvalue weighted by atomic mass is 10.1. The van der Waals surface area contributed by atoms with Crippen LogP contribution in [0.2, 0.25) is 0 Å². The summed E-state index contributed by atoms with van der Waals surface area (Å²) in [6, 6.07) is 20.8. The minimum Gasteiger partial charge on any atom is -0.107 e. The molecule has 0 nitrogen and oxygen atoms in total. The third-order valence-electron chi connectivity index (χ3n) is 1.88. The fourth-order valence-corrected chi connectivity index (χ4v) is 1.26. The van der Waals surface area contributed by atoms with Gasteiger partial charge in [0, 0.05) is 23.1 Å². The zero-order valence-corrected chi connectivity index (χ0v) is 11.6. The third-order valence-corrected chi connectivity index (χ3v) is 1.88. The second-order valence-corrected chi connectivity index (χ2v) is 2.73. The zero-order chi connectivity index (χ0) is 8.23. The normalized spacial score (nSPS) is 8.29. The molecule has 0 heterocycles. The summed E-state index contributed by atoms with van der Waals surface area (Å²) in [4.78, 5) is 0. The maximum atomic E-state index is 2.12. The van der Waals surface area contributed by atoms with E-state index in [1.165, 1.54) is 11.1 Å². The number of rotatable bonds is 1. The first kappa shape index (κ1) is 13.9. The Hall–Kier alpha value is -0.0638. The van der Waals surface area contributed by atoms with Crippen LogP contribution in [0.3, 0.4) is 0 Å². The minimum atomic E-state index is 0. The van der Waals surface area contributed by atoms with Crippen LogP contribution in [-0.2, 0) is 0 Å². The fraction of sp³-hybridized carbons (Fsp3) is 0. The van der Waals surface area contributed by atoms with Crippen LogP contribution in [0.25, 0.3) is 11.1 Å². The molecule has 2 aromatic rings. The van der Waals surface area contributed by atoms with Gasteiger partial charge < -0.3 is 0 Å². The lowest BCUT2D eigenvalue weighted by Gasteiger charge is -1.98. The molecule has 0 saturated carbocycles. The Morgan fingerprint density at radius 3 is 1.07 bits per heavy atom. The van der Waals surface area contributed by atoms with Crippen molar-refractivity contribution in [3.05, 3.63) is 60.7 Å². The Morgan fingerprint density at radius 2 is 0.786 bits per heavy atom. The molecule has 0 amide bonds. The highest BCUT2D eigenvalue weighted by molar-refractivity contribution is 14.0. The number of benzene rings is 2. The standard InChI is InChI=1S/C12H10.HI.Mg/c1-3-7-11(8-4-1)12-9-5-2-6-10-12;;/h1-10H;1H;. The zero-order valence-electron chi connectivity index (χ0n) is 7.89. The lowest BCUT2D eigenvalue weighted by molar-refractivity contribution is 1.62. The van der Waals surface area contributed by atoms with E-state index in [4.69, 9.17) is 0 Å². The summed E-state index contributed by atoms with van der Waals surface area (Å²) in [5.74, 6) is 0. The van der Waals surface area contributed by atoms with Crippen molar-refractivity contribution in [3.63, 3.8) is 0 Å². The molecule has 68 valence electrons. The van der Waals surface area contributed by atoms with Gasteiger partial charge in [0.15, 0.2) is 0 Å². The molecule has 0 bridgehead atoms. The van der Waals surface area contributed by atoms with Crippen molar-refractivity contribution in [2.24, 2.45) is 0 Å². The predicted molar refractivity (Wildman–Crippen MR) is 73.0 cm³/mol. The summed E-state index contributed by atoms with van der Waals surface area (Å²) < 4.78 is 0. The second kappa shape index (κ2) is 7.26. The van der Waals surface area contributed by atoms with Gasteiger partial charge in [-0.25, -0.2) is 0 Å². The molecule has 0 N–H and O–H groups in total. The Morgan fingerprint density at radius 1 is 0.500 bits per heavy atom. The van der Waals surface area contributed by atoms with Crippen LogP contribution in [0.4, 0.5) is 0 Å². The quantitative estimate of drug-likeness (QED) is 0.558. The Kier molecular flexibility index (Phi) is 7.22. The molecule has 2 rings (SSSR count). The topological polar surface area (TPSA) is 0 Å². The Bertz CT molecular complexity index is 308. The molecular weight excluding hydrogens is 295 g/mol. The van der Waals surface area contributed by atoms with E-state index in [2.05, 4.69) is 48.5 Å². The molecule has 0 aliphatic carbocycles. The van der Waals surface area contributed by atoms with Gasteiger partial charge in [-0.15, -0.1) is 24.0 Å². The van der Waals surface area contributed by atoms with Crippen LogP contribution in [0.15, 0.2) is 60.7 Å². The van der Waals surface area contributed by atoms with Gasteiger partial charge in [-0.3, -0.25) is 0 Å². The molecule has 0 saturated heterocycles. The smallest absolute Gasteiger partial charge is 0 e. The van der Waals surface area contributed by atoms with Crippen LogP contribution in [0, 0.1) is 0 Å². The van der Waals surface area contributed by atoms with Crippen LogP contribution >= 0.6 is 24.0 Å². The molecule has 0 fully saturated rings. The third kappa shape index (κ3) is 3.59. The highest BCUT2D eigenvalue weighted by atomic mass is 127. The summed E-state index contributed by atoms with van der Waals surface area (Å²) >= 11 is 0. The van der Waals surface area contributed by atoms with Crippen LogP contribution < -0.4 is 0 Å². The van der Waals surface area contributed by atoms with Gasteiger partial charge in [-0.2, -0.15) is 0 Å². The van der Waals surface area contributed by atoms with Crippen LogP contribution in [-0.4, -0.2) is 23.1 Å². The van der Waals surface area contributed by atoms with Crippen molar-refractivity contribution in [2.45, 2.75) is 0 Å². The Balaban J connectivity index is 0.000000845. The molecule has 0 aliphatic heterocycles. The van der Waals surface area contributed by atoms with E-state index in [1.807, 2.05) is 12.1 Å². The van der Waals surface area contributed by atoms with Gasteiger partial charge >= 0.3 is 0 Å². The fourth-order valence-electron chi connectivity index (χ4n) is 1.26. The summed E-state index contributed by atoms with van der Waals surface area (Å²) in [6.07, 6.45) is 0. The van der Waals surface area contributed by atoms with Crippen LogP contribution in [0.1, 0.15) is 0 Å². The first-order valence-electron chi connectivity index (χ1n) is 4.07. The average molecular weight is 306 g/mol. The maximum Gasteiger partial charge on any atom is 0 e. The van der Waals surface area contributed by atoms with Crippen molar-refractivity contribution in [3.8, 4) is 11.1 Å². The Labute approximate surface area is 118 Å². The van der Waals surface area contributed by atoms with Crippen molar-refractivity contribution >= 4 is 47.0 Å². The summed E-state index contributed by atoms with van der Waals surface area (Å²) in [5, 5.41) is 0. The molecule has 0 spiro atoms. The van der Waals surface area contributed by atoms with E-state index in [1.54, 1.807) is 0 Å². The number of hydrogen-bond acceptors (Lipinski definition) is 0. The first-order chi connectivity index (χ1) is 5.97. The first-order valence-corrected chi connectivity index (χ1v) is 4.07. The van der Waals surface area contributed by atoms with E-state index in [9.17, 15) is 0 Å². The summed E-state index contributed by atoms with van der Waals surface area (Å²) in [6.45, 7) is 0. The van der Waals surface area contributed by atoms with Gasteiger partial charge in [-0.1, -0.05) is 60.7 Å². The molecular formula is C12H11IMg. The largest absolute Gasteiger partial charge is 0.107 e. The molecule has 0 atom stereocenters. The molecule has 2 aromatic carbocycles. The van der Waals surface area contributed by atoms with Crippen LogP contribution in [0.5, 0.6) is 0 Å². The summed E-state index contributed by atoms with van der Waals surface area (Å²) in [7, 11) is 0. The van der Waals surface area contributed by atoms with Gasteiger partial charge in [0.05, 0.1) is 0 Å². The maximum absolute atomic E-state index is 2.12. The molecule has 0 aromatic heterocycles. The predicted octanol–water partition coefficient (Wildman–Crippen LogP) is 3.59. The average Bonchev–Trinajstić information content (AvgIpc) is 2.21. The van der Waals surface area contributed by atoms with E-state index >= 15 is 0 Å². The van der Waals surface area contributed by atoms with E-state index in [-0.39, 0.29) is 47.0 Å². The molecule has 2 radical (unpaired) electrons. The van der Waals surface area contributed by atoms with E-state index in [0.29, 0.717) is 0 Å². The van der Waals surface area contributed by atoms with E-state index in [0.717, 1.165) is 0 Å². The van der Waals surface area contributed by atoms with Gasteiger partial charge in [0.1, 0.15) is 0 Å². The number of hydrogen-bond donors (Lipinski definition) is 0. The number of halogens is 1. The summed E-state index contributed by atoms with van der Waals surface area (Å²) in [5.41, 5.74) is 2.55. The molecule has 0 unspecified atom stereocenters. The highest BCUT2D eigenvalue weighted by Crippen LogP contribution is 2.17. The second-order valence-electron chi connectivity index (χ2n) is 2.73. The van der Waals surface area contributed by atoms with Crippen molar-refractivity contribution in [2.75, 3.05) is 0 Å². The molecule has 14 heavy (non-hydrogen) atoms. The van der Waals surface area contributed by atoms with Crippen molar-refractivity contribution in [1.82, 2.24) is 0 Å². The molecule has 0 aliphatic rings. The van der Waals surface area contributed by atoms with Crippen molar-refractivity contribution < 1.29 is 0 Å². The van der Waals surface area contributed by atoms with E-state index < -0.39 is 0 Å². The SMILES string of the molecule is I.[Mg].c1ccc(-c2ccccc2)cc1. The monoisotopic (exact) mass is 306 g/mol. The molecule has 2 heteroatoms. The van der Waals surface area contributed by atoms with Gasteiger partial charge in [0.25, 0.3) is 0 Å². The minimum absolute atomic E-state index is 0. The van der Waals surface area contributed by atoms with Gasteiger partial charge in [0.2, 0.25) is 0 Å². The van der Waals surface area contributed by atoms with Crippen molar-refractivity contribution in [1.29, 1.82) is 0 Å². The highest BCUT2D eigenvalue weighted by Gasteiger charge is 1.91. The van der Waals surface area contributed by atoms with Gasteiger partial charge in [-0.05, 0) is 11.1 Å². The lowest BCUT2D eigenvalue weighted by Crippen LogP contribution is -1.73.